The summed E-state index contributed by atoms with van der Waals surface area (Å²) in [6.45, 7) is 8.27. The minimum atomic E-state index is -0.565. The number of ether oxygens (including phenoxy) is 1. The van der Waals surface area contributed by atoms with Crippen LogP contribution in [0.1, 0.15) is 27.7 Å². The molecule has 6 nitrogen and oxygen atoms in total. The molecule has 2 rings (SSSR count). The Morgan fingerprint density at radius 3 is 2.58 bits per heavy atom. The Hall–Kier alpha value is -1.95. The zero-order valence-corrected chi connectivity index (χ0v) is 15.5. The predicted octanol–water partition coefficient (Wildman–Crippen LogP) is 2.89. The van der Waals surface area contributed by atoms with Gasteiger partial charge in [0.25, 0.3) is 0 Å². The molecule has 1 aromatic carbocycles. The van der Waals surface area contributed by atoms with Gasteiger partial charge in [0.1, 0.15) is 11.8 Å². The van der Waals surface area contributed by atoms with Crippen molar-refractivity contribution in [3.05, 3.63) is 23.2 Å². The van der Waals surface area contributed by atoms with E-state index in [2.05, 4.69) is 5.32 Å². The third-order valence-electron chi connectivity index (χ3n) is 3.83. The largest absolute Gasteiger partial charge is 0.495 e. The number of hydrogen-bond donors (Lipinski definition) is 1. The highest BCUT2D eigenvalue weighted by Crippen LogP contribution is 2.33. The van der Waals surface area contributed by atoms with Crippen molar-refractivity contribution >= 4 is 29.2 Å². The third kappa shape index (κ3) is 3.93. The average Bonchev–Trinajstić information content (AvgIpc) is 2.48. The summed E-state index contributed by atoms with van der Waals surface area (Å²) in [5.74, 6) is 0.415. The molecule has 1 N–H and O–H groups in total. The van der Waals surface area contributed by atoms with E-state index in [4.69, 9.17) is 16.3 Å². The van der Waals surface area contributed by atoms with Gasteiger partial charge in [0.15, 0.2) is 0 Å². The topological polar surface area (TPSA) is 61.9 Å². The number of amides is 3. The summed E-state index contributed by atoms with van der Waals surface area (Å²) in [6.07, 6.45) is 0. The summed E-state index contributed by atoms with van der Waals surface area (Å²) < 4.78 is 5.33. The quantitative estimate of drug-likeness (QED) is 0.889. The third-order valence-corrected chi connectivity index (χ3v) is 4.07. The van der Waals surface area contributed by atoms with Crippen LogP contribution in [0.15, 0.2) is 18.2 Å². The minimum Gasteiger partial charge on any atom is -0.495 e. The summed E-state index contributed by atoms with van der Waals surface area (Å²) in [5.41, 5.74) is 0.269. The molecule has 0 spiro atoms. The molecule has 1 atom stereocenters. The van der Waals surface area contributed by atoms with E-state index in [9.17, 15) is 9.59 Å². The van der Waals surface area contributed by atoms with Gasteiger partial charge in [-0.15, -0.1) is 0 Å². The molecule has 0 aliphatic carbocycles. The van der Waals surface area contributed by atoms with Crippen LogP contribution in [0, 0.1) is 0 Å². The van der Waals surface area contributed by atoms with Gasteiger partial charge in [0, 0.05) is 23.7 Å². The van der Waals surface area contributed by atoms with Crippen LogP contribution in [0.5, 0.6) is 5.75 Å². The van der Waals surface area contributed by atoms with Gasteiger partial charge in [-0.25, -0.2) is 4.79 Å². The molecule has 0 bridgehead atoms. The van der Waals surface area contributed by atoms with E-state index in [0.29, 0.717) is 29.5 Å². The second kappa shape index (κ2) is 6.89. The second-order valence-electron chi connectivity index (χ2n) is 6.86. The van der Waals surface area contributed by atoms with Crippen molar-refractivity contribution < 1.29 is 14.3 Å². The highest BCUT2D eigenvalue weighted by molar-refractivity contribution is 6.31. The van der Waals surface area contributed by atoms with Gasteiger partial charge in [-0.1, -0.05) is 11.6 Å². The van der Waals surface area contributed by atoms with E-state index in [1.807, 2.05) is 20.8 Å². The Kier molecular flexibility index (Phi) is 5.28. The van der Waals surface area contributed by atoms with Gasteiger partial charge >= 0.3 is 6.03 Å². The summed E-state index contributed by atoms with van der Waals surface area (Å²) in [6, 6.07) is 4.35. The number of hydrogen-bond acceptors (Lipinski definition) is 3. The maximum atomic E-state index is 12.8. The van der Waals surface area contributed by atoms with Gasteiger partial charge in [-0.05, 0) is 45.9 Å². The number of benzene rings is 1. The van der Waals surface area contributed by atoms with Crippen LogP contribution in [0.4, 0.5) is 10.5 Å². The number of carbonyl (C=O) groups is 2. The number of anilines is 1. The molecular weight excluding hydrogens is 330 g/mol. The fraction of sp³-hybridized carbons (Fsp3) is 0.529. The molecule has 0 unspecified atom stereocenters. The van der Waals surface area contributed by atoms with Crippen LogP contribution < -0.4 is 15.0 Å². The van der Waals surface area contributed by atoms with Gasteiger partial charge < -0.3 is 19.9 Å². The maximum absolute atomic E-state index is 12.8. The number of rotatable bonds is 2. The highest BCUT2D eigenvalue weighted by atomic mass is 35.5. The van der Waals surface area contributed by atoms with Crippen molar-refractivity contribution in [1.29, 1.82) is 0 Å². The van der Waals surface area contributed by atoms with Crippen molar-refractivity contribution in [2.45, 2.75) is 39.3 Å². The van der Waals surface area contributed by atoms with Gasteiger partial charge in [-0.2, -0.15) is 0 Å². The standard InChI is InChI=1S/C17H24ClN3O3/c1-11-15(22)21(13-10-12(18)6-7-14(13)24-5)9-8-20(11)16(23)19-17(2,3)4/h6-7,10-11H,8-9H2,1-5H3,(H,19,23)/t11-/m1/s1. The number of urea groups is 1. The summed E-state index contributed by atoms with van der Waals surface area (Å²) >= 11 is 6.06. The first kappa shape index (κ1) is 18.4. The lowest BCUT2D eigenvalue weighted by Crippen LogP contribution is -2.61. The minimum absolute atomic E-state index is 0.161. The lowest BCUT2D eigenvalue weighted by molar-refractivity contribution is -0.124. The molecule has 1 aliphatic rings. The number of carbonyl (C=O) groups excluding carboxylic acids is 2. The van der Waals surface area contributed by atoms with Crippen molar-refractivity contribution in [1.82, 2.24) is 10.2 Å². The van der Waals surface area contributed by atoms with Crippen molar-refractivity contribution in [3.8, 4) is 5.75 Å². The molecule has 1 saturated heterocycles. The van der Waals surface area contributed by atoms with E-state index in [0.717, 1.165) is 0 Å². The molecule has 7 heteroatoms. The molecule has 1 heterocycles. The van der Waals surface area contributed by atoms with E-state index in [1.165, 1.54) is 0 Å². The molecule has 1 fully saturated rings. The van der Waals surface area contributed by atoms with Crippen LogP contribution in [0.3, 0.4) is 0 Å². The van der Waals surface area contributed by atoms with Crippen LogP contribution >= 0.6 is 11.6 Å². The Morgan fingerprint density at radius 1 is 1.33 bits per heavy atom. The van der Waals surface area contributed by atoms with Crippen LogP contribution in [0.25, 0.3) is 0 Å². The maximum Gasteiger partial charge on any atom is 0.318 e. The second-order valence-corrected chi connectivity index (χ2v) is 7.29. The van der Waals surface area contributed by atoms with Gasteiger partial charge in [0.05, 0.1) is 12.8 Å². The Balaban J connectivity index is 2.21. The fourth-order valence-corrected chi connectivity index (χ4v) is 2.82. The summed E-state index contributed by atoms with van der Waals surface area (Å²) in [5, 5.41) is 3.42. The Labute approximate surface area is 147 Å². The van der Waals surface area contributed by atoms with E-state index >= 15 is 0 Å². The summed E-state index contributed by atoms with van der Waals surface area (Å²) in [4.78, 5) is 28.4. The van der Waals surface area contributed by atoms with Crippen molar-refractivity contribution in [3.63, 3.8) is 0 Å². The first-order chi connectivity index (χ1) is 11.1. The van der Waals surface area contributed by atoms with Gasteiger partial charge in [0.2, 0.25) is 5.91 Å². The van der Waals surface area contributed by atoms with Crippen LogP contribution in [-0.2, 0) is 4.79 Å². The normalized spacial score (nSPS) is 18.6. The number of piperazine rings is 1. The predicted molar refractivity (Wildman–Crippen MR) is 94.8 cm³/mol. The number of nitrogens with one attached hydrogen (secondary N) is 1. The fourth-order valence-electron chi connectivity index (χ4n) is 2.65. The monoisotopic (exact) mass is 353 g/mol. The molecule has 0 radical (unpaired) electrons. The van der Waals surface area contributed by atoms with Crippen LogP contribution in [0.2, 0.25) is 5.02 Å². The van der Waals surface area contributed by atoms with E-state index in [1.54, 1.807) is 42.0 Å². The average molecular weight is 354 g/mol. The number of nitrogens with zero attached hydrogens (tertiary/aromatic N) is 2. The summed E-state index contributed by atoms with van der Waals surface area (Å²) in [7, 11) is 1.55. The molecular formula is C17H24ClN3O3. The highest BCUT2D eigenvalue weighted by Gasteiger charge is 2.36. The number of methoxy groups -OCH3 is 1. The lowest BCUT2D eigenvalue weighted by Gasteiger charge is -2.40. The molecule has 0 aromatic heterocycles. The first-order valence-corrected chi connectivity index (χ1v) is 8.25. The molecule has 1 aliphatic heterocycles. The van der Waals surface area contributed by atoms with Crippen LogP contribution in [-0.4, -0.2) is 48.6 Å². The SMILES string of the molecule is COc1ccc(Cl)cc1N1CCN(C(=O)NC(C)(C)C)[C@H](C)C1=O. The molecule has 0 saturated carbocycles. The smallest absolute Gasteiger partial charge is 0.318 e. The molecule has 1 aromatic rings. The molecule has 132 valence electrons. The zero-order valence-electron chi connectivity index (χ0n) is 14.7. The molecule has 24 heavy (non-hydrogen) atoms. The Bertz CT molecular complexity index is 642. The number of halogens is 1. The zero-order chi connectivity index (χ0) is 18.1. The van der Waals surface area contributed by atoms with E-state index < -0.39 is 6.04 Å². The van der Waals surface area contributed by atoms with Crippen molar-refractivity contribution in [2.24, 2.45) is 0 Å². The Morgan fingerprint density at radius 2 is 2.00 bits per heavy atom. The lowest BCUT2D eigenvalue weighted by atomic mass is 10.1. The first-order valence-electron chi connectivity index (χ1n) is 7.88. The van der Waals surface area contributed by atoms with Crippen molar-refractivity contribution in [2.75, 3.05) is 25.1 Å². The van der Waals surface area contributed by atoms with Gasteiger partial charge in [-0.3, -0.25) is 4.79 Å². The molecule has 3 amide bonds. The van der Waals surface area contributed by atoms with E-state index in [-0.39, 0.29) is 17.5 Å².